The zero-order valence-corrected chi connectivity index (χ0v) is 8.43. The molecule has 0 bridgehead atoms. The van der Waals surface area contributed by atoms with Crippen molar-refractivity contribution in [3.05, 3.63) is 28.0 Å². The van der Waals surface area contributed by atoms with Gasteiger partial charge in [-0.25, -0.2) is 13.8 Å². The number of nitrogens with two attached hydrogens (primary N) is 1. The van der Waals surface area contributed by atoms with Crippen LogP contribution in [0.2, 0.25) is 5.02 Å². The first-order chi connectivity index (χ1) is 7.10. The second kappa shape index (κ2) is 5.01. The molecular weight excluding hydrogens is 224 g/mol. The summed E-state index contributed by atoms with van der Waals surface area (Å²) in [4.78, 5) is 3.62. The molecule has 0 amide bonds. The maximum atomic E-state index is 12.4. The molecule has 1 aromatic heterocycles. The largest absolute Gasteiger partial charge is 0.325 e. The summed E-state index contributed by atoms with van der Waals surface area (Å²) in [6.45, 7) is -0.0299. The number of nitriles is 1. The lowest BCUT2D eigenvalue weighted by atomic mass is 10.1. The quantitative estimate of drug-likeness (QED) is 0.867. The minimum atomic E-state index is -2.69. The second-order valence-corrected chi connectivity index (χ2v) is 3.18. The maximum Gasteiger partial charge on any atom is 0.280 e. The number of rotatable bonds is 3. The summed E-state index contributed by atoms with van der Waals surface area (Å²) in [5.41, 5.74) is 5.44. The lowest BCUT2D eigenvalue weighted by Crippen LogP contribution is -2.06. The molecule has 0 saturated carbocycles. The zero-order valence-electron chi connectivity index (χ0n) is 7.67. The molecule has 0 spiro atoms. The van der Waals surface area contributed by atoms with Crippen molar-refractivity contribution < 1.29 is 8.78 Å². The van der Waals surface area contributed by atoms with Crippen molar-refractivity contribution in [2.75, 3.05) is 0 Å². The Balaban J connectivity index is 3.26. The molecule has 3 nitrogen and oxygen atoms in total. The van der Waals surface area contributed by atoms with Gasteiger partial charge >= 0.3 is 0 Å². The standard InChI is InChI=1S/C9H8ClF2N3/c10-8-5(1-2-13)3-6(9(11)12)15-7(8)4-14/h3,9H,1,4,14H2. The fourth-order valence-electron chi connectivity index (χ4n) is 1.13. The van der Waals surface area contributed by atoms with Gasteiger partial charge in [0.15, 0.2) is 0 Å². The molecule has 1 heterocycles. The van der Waals surface area contributed by atoms with Crippen LogP contribution in [0.4, 0.5) is 8.78 Å². The first-order valence-electron chi connectivity index (χ1n) is 4.13. The Hall–Kier alpha value is -1.25. The van der Waals surface area contributed by atoms with Crippen molar-refractivity contribution in [3.8, 4) is 6.07 Å². The number of aromatic nitrogens is 1. The number of pyridine rings is 1. The molecule has 0 atom stereocenters. The fraction of sp³-hybridized carbons (Fsp3) is 0.333. The van der Waals surface area contributed by atoms with E-state index in [0.717, 1.165) is 6.07 Å². The molecule has 1 aromatic rings. The summed E-state index contributed by atoms with van der Waals surface area (Å²) >= 11 is 5.83. The van der Waals surface area contributed by atoms with Crippen molar-refractivity contribution in [3.63, 3.8) is 0 Å². The average Bonchev–Trinajstić information content (AvgIpc) is 2.21. The third-order valence-corrected chi connectivity index (χ3v) is 2.27. The minimum Gasteiger partial charge on any atom is -0.325 e. The van der Waals surface area contributed by atoms with E-state index in [2.05, 4.69) is 4.98 Å². The number of alkyl halides is 2. The van der Waals surface area contributed by atoms with Gasteiger partial charge in [0.2, 0.25) is 0 Å². The Morgan fingerprint density at radius 3 is 2.73 bits per heavy atom. The van der Waals surface area contributed by atoms with Crippen LogP contribution in [0.5, 0.6) is 0 Å². The smallest absolute Gasteiger partial charge is 0.280 e. The van der Waals surface area contributed by atoms with Crippen LogP contribution in [-0.2, 0) is 13.0 Å². The van der Waals surface area contributed by atoms with Gasteiger partial charge in [-0.1, -0.05) is 11.6 Å². The molecule has 80 valence electrons. The molecule has 2 N–H and O–H groups in total. The van der Waals surface area contributed by atoms with Crippen molar-refractivity contribution in [1.29, 1.82) is 5.26 Å². The van der Waals surface area contributed by atoms with Crippen LogP contribution in [0.3, 0.4) is 0 Å². The van der Waals surface area contributed by atoms with E-state index in [1.807, 2.05) is 6.07 Å². The van der Waals surface area contributed by atoms with Crippen LogP contribution in [-0.4, -0.2) is 4.98 Å². The predicted octanol–water partition coefficient (Wildman–Crippen LogP) is 2.20. The fourth-order valence-corrected chi connectivity index (χ4v) is 1.37. The molecule has 0 aliphatic rings. The minimum absolute atomic E-state index is 0.0299. The molecule has 1 rings (SSSR count). The third-order valence-electron chi connectivity index (χ3n) is 1.81. The van der Waals surface area contributed by atoms with Gasteiger partial charge in [-0.2, -0.15) is 5.26 Å². The van der Waals surface area contributed by atoms with Gasteiger partial charge in [-0.15, -0.1) is 0 Å². The first-order valence-corrected chi connectivity index (χ1v) is 4.51. The molecule has 0 radical (unpaired) electrons. The third kappa shape index (κ3) is 2.61. The topological polar surface area (TPSA) is 62.7 Å². The second-order valence-electron chi connectivity index (χ2n) is 2.81. The number of nitrogens with zero attached hydrogens (tertiary/aromatic N) is 2. The molecular formula is C9H8ClF2N3. The summed E-state index contributed by atoms with van der Waals surface area (Å²) in [5, 5.41) is 8.69. The summed E-state index contributed by atoms with van der Waals surface area (Å²) in [5.74, 6) is 0. The monoisotopic (exact) mass is 231 g/mol. The van der Waals surface area contributed by atoms with E-state index in [0.29, 0.717) is 5.56 Å². The highest BCUT2D eigenvalue weighted by Crippen LogP contribution is 2.25. The highest BCUT2D eigenvalue weighted by atomic mass is 35.5. The van der Waals surface area contributed by atoms with Crippen LogP contribution in [0.1, 0.15) is 23.4 Å². The zero-order chi connectivity index (χ0) is 11.4. The molecule has 0 aromatic carbocycles. The van der Waals surface area contributed by atoms with Gasteiger partial charge in [0.05, 0.1) is 23.2 Å². The Kier molecular flexibility index (Phi) is 3.95. The van der Waals surface area contributed by atoms with E-state index < -0.39 is 12.1 Å². The number of halogens is 3. The molecule has 6 heteroatoms. The van der Waals surface area contributed by atoms with Crippen molar-refractivity contribution in [2.24, 2.45) is 5.73 Å². The van der Waals surface area contributed by atoms with Crippen LogP contribution in [0, 0.1) is 11.3 Å². The lowest BCUT2D eigenvalue weighted by molar-refractivity contribution is 0.145. The normalized spacial score (nSPS) is 10.4. The van der Waals surface area contributed by atoms with Crippen LogP contribution in [0.25, 0.3) is 0 Å². The molecule has 0 aliphatic heterocycles. The molecule has 0 fully saturated rings. The summed E-state index contributed by atoms with van der Waals surface area (Å²) < 4.78 is 24.8. The Morgan fingerprint density at radius 1 is 1.60 bits per heavy atom. The number of hydrogen-bond donors (Lipinski definition) is 1. The molecule has 0 unspecified atom stereocenters. The van der Waals surface area contributed by atoms with Crippen LogP contribution >= 0.6 is 11.6 Å². The van der Waals surface area contributed by atoms with Gasteiger partial charge in [-0.05, 0) is 11.6 Å². The average molecular weight is 232 g/mol. The molecule has 0 aliphatic carbocycles. The Bertz CT molecular complexity index is 401. The number of hydrogen-bond acceptors (Lipinski definition) is 3. The molecule has 0 saturated heterocycles. The van der Waals surface area contributed by atoms with E-state index in [-0.39, 0.29) is 23.7 Å². The Morgan fingerprint density at radius 2 is 2.27 bits per heavy atom. The summed E-state index contributed by atoms with van der Waals surface area (Å²) in [6.07, 6.45) is -2.72. The maximum absolute atomic E-state index is 12.4. The van der Waals surface area contributed by atoms with Gasteiger partial charge < -0.3 is 5.73 Å². The van der Waals surface area contributed by atoms with Gasteiger partial charge in [-0.3, -0.25) is 0 Å². The predicted molar refractivity (Wildman–Crippen MR) is 51.4 cm³/mol. The van der Waals surface area contributed by atoms with Gasteiger partial charge in [0.1, 0.15) is 5.69 Å². The van der Waals surface area contributed by atoms with Crippen LogP contribution in [0.15, 0.2) is 6.07 Å². The van der Waals surface area contributed by atoms with Crippen molar-refractivity contribution in [2.45, 2.75) is 19.4 Å². The van der Waals surface area contributed by atoms with E-state index in [4.69, 9.17) is 22.6 Å². The van der Waals surface area contributed by atoms with E-state index in [1.165, 1.54) is 0 Å². The van der Waals surface area contributed by atoms with Crippen molar-refractivity contribution in [1.82, 2.24) is 4.98 Å². The highest BCUT2D eigenvalue weighted by Gasteiger charge is 2.15. The van der Waals surface area contributed by atoms with Gasteiger partial charge in [0.25, 0.3) is 6.43 Å². The highest BCUT2D eigenvalue weighted by molar-refractivity contribution is 6.32. The SMILES string of the molecule is N#CCc1cc(C(F)F)nc(CN)c1Cl. The Labute approximate surface area is 90.5 Å². The van der Waals surface area contributed by atoms with Crippen LogP contribution < -0.4 is 5.73 Å². The van der Waals surface area contributed by atoms with Crippen molar-refractivity contribution >= 4 is 11.6 Å². The van der Waals surface area contributed by atoms with E-state index in [9.17, 15) is 8.78 Å². The van der Waals surface area contributed by atoms with E-state index >= 15 is 0 Å². The van der Waals surface area contributed by atoms with Gasteiger partial charge in [0, 0.05) is 6.54 Å². The van der Waals surface area contributed by atoms with E-state index in [1.54, 1.807) is 0 Å². The molecule has 15 heavy (non-hydrogen) atoms. The summed E-state index contributed by atoms with van der Waals surface area (Å²) in [6, 6.07) is 2.98. The summed E-state index contributed by atoms with van der Waals surface area (Å²) in [7, 11) is 0. The first kappa shape index (κ1) is 11.8. The lowest BCUT2D eigenvalue weighted by Gasteiger charge is -2.08.